The summed E-state index contributed by atoms with van der Waals surface area (Å²) in [5.74, 6) is -1.16. The van der Waals surface area contributed by atoms with Gasteiger partial charge in [0.2, 0.25) is 0 Å². The smallest absolute Gasteiger partial charge is 0.326 e. The van der Waals surface area contributed by atoms with Crippen molar-refractivity contribution in [2.24, 2.45) is 0 Å². The van der Waals surface area contributed by atoms with Gasteiger partial charge in [0.05, 0.1) is 12.1 Å². The zero-order valence-corrected chi connectivity index (χ0v) is 10.7. The maximum atomic E-state index is 11.7. The molecule has 0 aliphatic rings. The Morgan fingerprint density at radius 1 is 1.61 bits per heavy atom. The lowest BCUT2D eigenvalue weighted by molar-refractivity contribution is -0.139. The molecule has 1 aromatic heterocycles. The molecular formula is C10H15N3O4S. The molecule has 0 aromatic carbocycles. The van der Waals surface area contributed by atoms with Crippen LogP contribution >= 0.6 is 11.3 Å². The fourth-order valence-corrected chi connectivity index (χ4v) is 1.92. The Bertz CT molecular complexity index is 396. The molecular weight excluding hydrogens is 258 g/mol. The van der Waals surface area contributed by atoms with Crippen molar-refractivity contribution in [1.29, 1.82) is 0 Å². The van der Waals surface area contributed by atoms with Gasteiger partial charge in [0.15, 0.2) is 0 Å². The number of aromatic nitrogens is 1. The van der Waals surface area contributed by atoms with E-state index in [0.29, 0.717) is 6.54 Å². The summed E-state index contributed by atoms with van der Waals surface area (Å²) in [7, 11) is 1.56. The first-order valence-electron chi connectivity index (χ1n) is 5.27. The number of amides is 2. The van der Waals surface area contributed by atoms with E-state index in [9.17, 15) is 9.59 Å². The second kappa shape index (κ2) is 6.92. The molecule has 0 bridgehead atoms. The topological polar surface area (TPSA) is 103 Å². The van der Waals surface area contributed by atoms with Crippen LogP contribution in [0.4, 0.5) is 4.79 Å². The van der Waals surface area contributed by atoms with Crippen LogP contribution in [0.25, 0.3) is 0 Å². The fraction of sp³-hybridized carbons (Fsp3) is 0.500. The molecule has 18 heavy (non-hydrogen) atoms. The van der Waals surface area contributed by atoms with Crippen molar-refractivity contribution < 1.29 is 19.8 Å². The van der Waals surface area contributed by atoms with Crippen molar-refractivity contribution in [3.8, 4) is 0 Å². The van der Waals surface area contributed by atoms with Crippen molar-refractivity contribution in [1.82, 2.24) is 15.2 Å². The average Bonchev–Trinajstić information content (AvgIpc) is 2.80. The van der Waals surface area contributed by atoms with Crippen LogP contribution in [-0.2, 0) is 11.3 Å². The zero-order valence-electron chi connectivity index (χ0n) is 9.87. The van der Waals surface area contributed by atoms with Gasteiger partial charge in [0.25, 0.3) is 0 Å². The standard InChI is InChI=1S/C10H15N3O4S/c1-13(5-7-4-11-6-18-7)10(17)12-8(2-3-14)9(15)16/h4,6,8,14H,2-3,5H2,1H3,(H,12,17)(H,15,16)/t8-/m0/s1. The first-order valence-corrected chi connectivity index (χ1v) is 6.15. The van der Waals surface area contributed by atoms with Crippen molar-refractivity contribution in [2.45, 2.75) is 19.0 Å². The molecule has 0 fully saturated rings. The van der Waals surface area contributed by atoms with E-state index in [1.165, 1.54) is 16.2 Å². The first kappa shape index (κ1) is 14.4. The van der Waals surface area contributed by atoms with Gasteiger partial charge in [-0.25, -0.2) is 9.59 Å². The minimum atomic E-state index is -1.16. The van der Waals surface area contributed by atoms with E-state index >= 15 is 0 Å². The highest BCUT2D eigenvalue weighted by molar-refractivity contribution is 7.09. The fourth-order valence-electron chi connectivity index (χ4n) is 1.27. The number of carboxylic acid groups (broad SMARTS) is 1. The third-order valence-electron chi connectivity index (χ3n) is 2.24. The first-order chi connectivity index (χ1) is 8.54. The van der Waals surface area contributed by atoms with Gasteiger partial charge in [0.1, 0.15) is 6.04 Å². The molecule has 100 valence electrons. The largest absolute Gasteiger partial charge is 0.480 e. The van der Waals surface area contributed by atoms with Gasteiger partial charge in [-0.3, -0.25) is 4.98 Å². The Balaban J connectivity index is 2.50. The van der Waals surface area contributed by atoms with Crippen LogP contribution in [-0.4, -0.2) is 51.8 Å². The van der Waals surface area contributed by atoms with Crippen molar-refractivity contribution in [3.05, 3.63) is 16.6 Å². The highest BCUT2D eigenvalue weighted by Crippen LogP contribution is 2.08. The molecule has 0 spiro atoms. The molecule has 7 nitrogen and oxygen atoms in total. The van der Waals surface area contributed by atoms with E-state index in [1.54, 1.807) is 18.8 Å². The van der Waals surface area contributed by atoms with E-state index in [2.05, 4.69) is 10.3 Å². The molecule has 1 atom stereocenters. The van der Waals surface area contributed by atoms with Crippen LogP contribution in [0.2, 0.25) is 0 Å². The summed E-state index contributed by atoms with van der Waals surface area (Å²) in [4.78, 5) is 28.7. The molecule has 1 rings (SSSR count). The second-order valence-electron chi connectivity index (χ2n) is 3.68. The van der Waals surface area contributed by atoms with E-state index in [0.717, 1.165) is 4.88 Å². The molecule has 0 aliphatic carbocycles. The SMILES string of the molecule is CN(Cc1cncs1)C(=O)N[C@@H](CCO)C(=O)O. The summed E-state index contributed by atoms with van der Waals surface area (Å²) < 4.78 is 0. The molecule has 2 amide bonds. The second-order valence-corrected chi connectivity index (χ2v) is 4.65. The summed E-state index contributed by atoms with van der Waals surface area (Å²) in [6, 6.07) is -1.57. The van der Waals surface area contributed by atoms with Crippen LogP contribution < -0.4 is 5.32 Å². The number of carbonyl (C=O) groups excluding carboxylic acids is 1. The van der Waals surface area contributed by atoms with Crippen LogP contribution in [0.3, 0.4) is 0 Å². The Labute approximate surface area is 108 Å². The Morgan fingerprint density at radius 3 is 2.83 bits per heavy atom. The van der Waals surface area contributed by atoms with E-state index in [4.69, 9.17) is 10.2 Å². The minimum Gasteiger partial charge on any atom is -0.480 e. The number of urea groups is 1. The van der Waals surface area contributed by atoms with Crippen molar-refractivity contribution in [2.75, 3.05) is 13.7 Å². The monoisotopic (exact) mass is 273 g/mol. The molecule has 0 saturated carbocycles. The van der Waals surface area contributed by atoms with Gasteiger partial charge < -0.3 is 20.4 Å². The lowest BCUT2D eigenvalue weighted by Crippen LogP contribution is -2.46. The number of aliphatic carboxylic acids is 1. The molecule has 1 aromatic rings. The van der Waals surface area contributed by atoms with Crippen LogP contribution in [0, 0.1) is 0 Å². The van der Waals surface area contributed by atoms with Gasteiger partial charge in [-0.1, -0.05) is 0 Å². The molecule has 3 N–H and O–H groups in total. The normalized spacial score (nSPS) is 11.9. The predicted octanol–water partition coefficient (Wildman–Crippen LogP) is 0.120. The number of aliphatic hydroxyl groups is 1. The van der Waals surface area contributed by atoms with E-state index in [-0.39, 0.29) is 13.0 Å². The minimum absolute atomic E-state index is 0.0184. The number of rotatable bonds is 6. The highest BCUT2D eigenvalue weighted by Gasteiger charge is 2.21. The molecule has 8 heteroatoms. The number of thiazole rings is 1. The van der Waals surface area contributed by atoms with Gasteiger partial charge in [-0.2, -0.15) is 0 Å². The zero-order chi connectivity index (χ0) is 13.5. The number of nitrogens with zero attached hydrogens (tertiary/aromatic N) is 2. The molecule has 1 heterocycles. The summed E-state index contributed by atoms with van der Waals surface area (Å²) in [6.45, 7) is 0.0672. The molecule has 0 saturated heterocycles. The third kappa shape index (κ3) is 4.30. The average molecular weight is 273 g/mol. The highest BCUT2D eigenvalue weighted by atomic mass is 32.1. The Morgan fingerprint density at radius 2 is 2.33 bits per heavy atom. The number of nitrogens with one attached hydrogen (secondary N) is 1. The molecule has 0 unspecified atom stereocenters. The van der Waals surface area contributed by atoms with Crippen LogP contribution in [0.15, 0.2) is 11.7 Å². The van der Waals surface area contributed by atoms with Crippen molar-refractivity contribution in [3.63, 3.8) is 0 Å². The molecule has 0 aliphatic heterocycles. The van der Waals surface area contributed by atoms with Gasteiger partial charge in [0, 0.05) is 31.1 Å². The predicted molar refractivity (Wildman–Crippen MR) is 65.2 cm³/mol. The summed E-state index contributed by atoms with van der Waals surface area (Å²) >= 11 is 1.42. The summed E-state index contributed by atoms with van der Waals surface area (Å²) in [6.07, 6.45) is 1.63. The Kier molecular flexibility index (Phi) is 5.53. The van der Waals surface area contributed by atoms with Gasteiger partial charge in [-0.05, 0) is 0 Å². The van der Waals surface area contributed by atoms with Gasteiger partial charge in [-0.15, -0.1) is 11.3 Å². The lowest BCUT2D eigenvalue weighted by Gasteiger charge is -2.20. The number of hydrogen-bond donors (Lipinski definition) is 3. The number of hydrogen-bond acceptors (Lipinski definition) is 5. The maximum Gasteiger partial charge on any atom is 0.326 e. The number of carboxylic acids is 1. The quantitative estimate of drug-likeness (QED) is 0.683. The number of aliphatic hydroxyl groups excluding tert-OH is 1. The van der Waals surface area contributed by atoms with Gasteiger partial charge >= 0.3 is 12.0 Å². The maximum absolute atomic E-state index is 11.7. The summed E-state index contributed by atoms with van der Waals surface area (Å²) in [5, 5.41) is 19.9. The molecule has 0 radical (unpaired) electrons. The third-order valence-corrected chi connectivity index (χ3v) is 3.00. The van der Waals surface area contributed by atoms with Crippen molar-refractivity contribution >= 4 is 23.3 Å². The summed E-state index contributed by atoms with van der Waals surface area (Å²) in [5.41, 5.74) is 1.66. The van der Waals surface area contributed by atoms with Crippen LogP contribution in [0.1, 0.15) is 11.3 Å². The van der Waals surface area contributed by atoms with Crippen LogP contribution in [0.5, 0.6) is 0 Å². The lowest BCUT2D eigenvalue weighted by atomic mass is 10.2. The Hall–Kier alpha value is -1.67. The van der Waals surface area contributed by atoms with E-state index < -0.39 is 18.0 Å². The van der Waals surface area contributed by atoms with E-state index in [1.807, 2.05) is 0 Å². The number of carbonyl (C=O) groups is 2.